The molecule has 1 atom stereocenters. The van der Waals surface area contributed by atoms with Crippen molar-refractivity contribution < 1.29 is 28.6 Å². The minimum atomic E-state index is -0.770. The minimum absolute atomic E-state index is 0.0733. The Balaban J connectivity index is 4.25. The number of unbranched alkanes of at least 4 members (excludes halogenated alkanes) is 28. The normalized spacial score (nSPS) is 12.1. The van der Waals surface area contributed by atoms with E-state index in [0.29, 0.717) is 19.3 Å². The Labute approximate surface area is 341 Å². The van der Waals surface area contributed by atoms with E-state index in [9.17, 15) is 14.4 Å². The van der Waals surface area contributed by atoms with Crippen LogP contribution in [0.5, 0.6) is 0 Å². The van der Waals surface area contributed by atoms with Crippen molar-refractivity contribution in [2.24, 2.45) is 0 Å². The molecule has 6 nitrogen and oxygen atoms in total. The van der Waals surface area contributed by atoms with Gasteiger partial charge in [-0.3, -0.25) is 14.4 Å². The first-order valence-electron chi connectivity index (χ1n) is 23.8. The van der Waals surface area contributed by atoms with E-state index in [-0.39, 0.29) is 31.1 Å². The standard InChI is InChI=1S/C49H90O6/c1-4-7-10-13-16-18-20-22-23-24-25-27-28-30-33-36-39-42-48(51)54-45-46(44-53-47(50)41-38-35-32-15-12-9-6-3)55-49(52)43-40-37-34-31-29-26-21-19-17-14-11-8-5-2/h11,14,19,21,46H,4-10,12-13,15-18,20,22-45H2,1-3H3/b14-11-,21-19-. The molecule has 0 aliphatic rings. The monoisotopic (exact) mass is 775 g/mol. The lowest BCUT2D eigenvalue weighted by Crippen LogP contribution is -2.30. The summed E-state index contributed by atoms with van der Waals surface area (Å²) in [5, 5.41) is 0. The first-order chi connectivity index (χ1) is 27.0. The zero-order valence-corrected chi connectivity index (χ0v) is 36.7. The number of rotatable bonds is 43. The van der Waals surface area contributed by atoms with Crippen molar-refractivity contribution in [1.82, 2.24) is 0 Å². The van der Waals surface area contributed by atoms with E-state index in [4.69, 9.17) is 14.2 Å². The van der Waals surface area contributed by atoms with Crippen LogP contribution in [0.25, 0.3) is 0 Å². The first kappa shape index (κ1) is 52.9. The summed E-state index contributed by atoms with van der Waals surface area (Å²) in [6, 6.07) is 0. The molecule has 0 aromatic carbocycles. The van der Waals surface area contributed by atoms with Crippen LogP contribution >= 0.6 is 0 Å². The topological polar surface area (TPSA) is 78.9 Å². The van der Waals surface area contributed by atoms with Crippen LogP contribution < -0.4 is 0 Å². The Kier molecular flexibility index (Phi) is 42.9. The maximum Gasteiger partial charge on any atom is 0.306 e. The molecule has 0 rings (SSSR count). The summed E-state index contributed by atoms with van der Waals surface area (Å²) in [5.74, 6) is -0.886. The van der Waals surface area contributed by atoms with Gasteiger partial charge < -0.3 is 14.2 Å². The molecular weight excluding hydrogens is 685 g/mol. The second-order valence-electron chi connectivity index (χ2n) is 16.0. The van der Waals surface area contributed by atoms with Crippen LogP contribution in [-0.4, -0.2) is 37.2 Å². The quantitative estimate of drug-likeness (QED) is 0.0266. The van der Waals surface area contributed by atoms with E-state index in [2.05, 4.69) is 45.1 Å². The average molecular weight is 775 g/mol. The molecule has 0 heterocycles. The fourth-order valence-electron chi connectivity index (χ4n) is 6.83. The fraction of sp³-hybridized carbons (Fsp3) is 0.857. The van der Waals surface area contributed by atoms with Crippen molar-refractivity contribution in [2.45, 2.75) is 258 Å². The number of ether oxygens (including phenoxy) is 3. The number of allylic oxidation sites excluding steroid dienone is 4. The van der Waals surface area contributed by atoms with Crippen LogP contribution in [0.3, 0.4) is 0 Å². The predicted octanol–water partition coefficient (Wildman–Crippen LogP) is 15.2. The van der Waals surface area contributed by atoms with Gasteiger partial charge in [-0.15, -0.1) is 0 Å². The molecular formula is C49H90O6. The molecule has 6 heteroatoms. The van der Waals surface area contributed by atoms with Gasteiger partial charge in [0.25, 0.3) is 0 Å². The molecule has 0 aromatic rings. The molecule has 0 amide bonds. The van der Waals surface area contributed by atoms with Crippen LogP contribution in [0, 0.1) is 0 Å². The van der Waals surface area contributed by atoms with Crippen molar-refractivity contribution in [3.8, 4) is 0 Å². The summed E-state index contributed by atoms with van der Waals surface area (Å²) in [5.41, 5.74) is 0. The zero-order chi connectivity index (χ0) is 40.1. The van der Waals surface area contributed by atoms with Crippen LogP contribution in [0.4, 0.5) is 0 Å². The third-order valence-electron chi connectivity index (χ3n) is 10.4. The highest BCUT2D eigenvalue weighted by atomic mass is 16.6. The average Bonchev–Trinajstić information content (AvgIpc) is 3.18. The predicted molar refractivity (Wildman–Crippen MR) is 233 cm³/mol. The lowest BCUT2D eigenvalue weighted by atomic mass is 10.0. The highest BCUT2D eigenvalue weighted by Crippen LogP contribution is 2.15. The third-order valence-corrected chi connectivity index (χ3v) is 10.4. The smallest absolute Gasteiger partial charge is 0.306 e. The lowest BCUT2D eigenvalue weighted by Gasteiger charge is -2.18. The van der Waals surface area contributed by atoms with E-state index in [1.54, 1.807) is 0 Å². The molecule has 0 bridgehead atoms. The minimum Gasteiger partial charge on any atom is -0.462 e. The van der Waals surface area contributed by atoms with Crippen LogP contribution in [0.1, 0.15) is 252 Å². The third kappa shape index (κ3) is 42.9. The summed E-state index contributed by atoms with van der Waals surface area (Å²) in [6.45, 7) is 6.53. The molecule has 0 aromatic heterocycles. The van der Waals surface area contributed by atoms with E-state index in [0.717, 1.165) is 89.9 Å². The van der Waals surface area contributed by atoms with Crippen molar-refractivity contribution in [1.29, 1.82) is 0 Å². The van der Waals surface area contributed by atoms with E-state index >= 15 is 0 Å². The Morgan fingerprint density at radius 3 is 1.07 bits per heavy atom. The lowest BCUT2D eigenvalue weighted by molar-refractivity contribution is -0.167. The molecule has 0 saturated carbocycles. The van der Waals surface area contributed by atoms with Gasteiger partial charge >= 0.3 is 17.9 Å². The summed E-state index contributed by atoms with van der Waals surface area (Å²) in [4.78, 5) is 37.6. The number of carbonyl (C=O) groups excluding carboxylic acids is 3. The van der Waals surface area contributed by atoms with E-state index in [1.165, 1.54) is 122 Å². The van der Waals surface area contributed by atoms with Gasteiger partial charge in [-0.2, -0.15) is 0 Å². The molecule has 0 aliphatic heterocycles. The second-order valence-corrected chi connectivity index (χ2v) is 16.0. The van der Waals surface area contributed by atoms with E-state index < -0.39 is 6.10 Å². The van der Waals surface area contributed by atoms with Crippen molar-refractivity contribution in [3.63, 3.8) is 0 Å². The first-order valence-corrected chi connectivity index (χ1v) is 23.8. The number of esters is 3. The van der Waals surface area contributed by atoms with Crippen molar-refractivity contribution >= 4 is 17.9 Å². The van der Waals surface area contributed by atoms with Gasteiger partial charge in [0.15, 0.2) is 6.10 Å². The zero-order valence-electron chi connectivity index (χ0n) is 36.7. The second kappa shape index (κ2) is 44.6. The van der Waals surface area contributed by atoms with Crippen LogP contribution in [-0.2, 0) is 28.6 Å². The maximum absolute atomic E-state index is 12.7. The maximum atomic E-state index is 12.7. The molecule has 0 radical (unpaired) electrons. The van der Waals surface area contributed by atoms with E-state index in [1.807, 2.05) is 0 Å². The van der Waals surface area contributed by atoms with Gasteiger partial charge in [0.2, 0.25) is 0 Å². The van der Waals surface area contributed by atoms with Gasteiger partial charge in [-0.1, -0.05) is 212 Å². The number of hydrogen-bond donors (Lipinski definition) is 0. The Bertz CT molecular complexity index is 896. The molecule has 0 spiro atoms. The fourth-order valence-corrected chi connectivity index (χ4v) is 6.83. The van der Waals surface area contributed by atoms with Gasteiger partial charge in [0.1, 0.15) is 13.2 Å². The van der Waals surface area contributed by atoms with Gasteiger partial charge in [0.05, 0.1) is 0 Å². The summed E-state index contributed by atoms with van der Waals surface area (Å²) in [6.07, 6.45) is 48.9. The number of hydrogen-bond acceptors (Lipinski definition) is 6. The molecule has 55 heavy (non-hydrogen) atoms. The largest absolute Gasteiger partial charge is 0.462 e. The highest BCUT2D eigenvalue weighted by molar-refractivity contribution is 5.71. The Hall–Kier alpha value is -2.11. The summed E-state index contributed by atoms with van der Waals surface area (Å²) >= 11 is 0. The molecule has 0 N–H and O–H groups in total. The van der Waals surface area contributed by atoms with Gasteiger partial charge in [-0.05, 0) is 44.9 Å². The van der Waals surface area contributed by atoms with Crippen molar-refractivity contribution in [2.75, 3.05) is 13.2 Å². The highest BCUT2D eigenvalue weighted by Gasteiger charge is 2.19. The Morgan fingerprint density at radius 1 is 0.364 bits per heavy atom. The number of carbonyl (C=O) groups is 3. The molecule has 0 saturated heterocycles. The molecule has 322 valence electrons. The molecule has 0 aliphatic carbocycles. The summed E-state index contributed by atoms with van der Waals surface area (Å²) < 4.78 is 16.7. The van der Waals surface area contributed by atoms with Crippen LogP contribution in [0.2, 0.25) is 0 Å². The van der Waals surface area contributed by atoms with Crippen LogP contribution in [0.15, 0.2) is 24.3 Å². The summed E-state index contributed by atoms with van der Waals surface area (Å²) in [7, 11) is 0. The molecule has 1 unspecified atom stereocenters. The van der Waals surface area contributed by atoms with Crippen molar-refractivity contribution in [3.05, 3.63) is 24.3 Å². The van der Waals surface area contributed by atoms with Gasteiger partial charge in [0, 0.05) is 19.3 Å². The van der Waals surface area contributed by atoms with Gasteiger partial charge in [-0.25, -0.2) is 0 Å². The molecule has 0 fully saturated rings. The SMILES string of the molecule is CCC/C=C\C/C=C\CCCCCCCC(=O)OC(COC(=O)CCCCCCCCC)COC(=O)CCCCCCCCCCCCCCCCCCC. The Morgan fingerprint density at radius 2 is 0.691 bits per heavy atom.